The van der Waals surface area contributed by atoms with Gasteiger partial charge in [0.2, 0.25) is 0 Å². The minimum absolute atomic E-state index is 0.0651. The third-order valence-corrected chi connectivity index (χ3v) is 8.40. The maximum atomic E-state index is 12.8. The molecule has 0 heterocycles. The lowest BCUT2D eigenvalue weighted by Crippen LogP contribution is -2.50. The van der Waals surface area contributed by atoms with Gasteiger partial charge in [-0.3, -0.25) is 9.59 Å². The van der Waals surface area contributed by atoms with Crippen LogP contribution in [-0.2, 0) is 14.3 Å². The van der Waals surface area contributed by atoms with Crippen LogP contribution >= 0.6 is 0 Å². The number of ketones is 1. The third kappa shape index (κ3) is 2.44. The number of ether oxygens (including phenoxy) is 1. The summed E-state index contributed by atoms with van der Waals surface area (Å²) in [6.07, 6.45) is 9.98. The van der Waals surface area contributed by atoms with E-state index >= 15 is 0 Å². The molecule has 3 fully saturated rings. The first-order valence-electron chi connectivity index (χ1n) is 10.2. The van der Waals surface area contributed by atoms with Crippen molar-refractivity contribution < 1.29 is 14.3 Å². The van der Waals surface area contributed by atoms with Crippen LogP contribution in [0.2, 0.25) is 0 Å². The largest absolute Gasteiger partial charge is 0.462 e. The summed E-state index contributed by atoms with van der Waals surface area (Å²) in [6.45, 7) is 8.34. The van der Waals surface area contributed by atoms with Crippen molar-refractivity contribution in [2.24, 2.45) is 34.5 Å². The maximum Gasteiger partial charge on any atom is 0.302 e. The molecule has 4 rings (SSSR count). The van der Waals surface area contributed by atoms with E-state index in [0.29, 0.717) is 23.5 Å². The van der Waals surface area contributed by atoms with Gasteiger partial charge in [0, 0.05) is 24.7 Å². The van der Waals surface area contributed by atoms with Crippen LogP contribution in [-0.4, -0.2) is 17.9 Å². The van der Waals surface area contributed by atoms with E-state index in [0.717, 1.165) is 38.5 Å². The van der Waals surface area contributed by atoms with E-state index < -0.39 is 0 Å². The second kappa shape index (κ2) is 5.69. The van der Waals surface area contributed by atoms with Gasteiger partial charge in [0.1, 0.15) is 11.9 Å². The Morgan fingerprint density at radius 1 is 1.16 bits per heavy atom. The second-order valence-corrected chi connectivity index (χ2v) is 9.69. The van der Waals surface area contributed by atoms with Crippen LogP contribution in [0.1, 0.15) is 72.6 Å². The molecule has 0 spiro atoms. The van der Waals surface area contributed by atoms with Gasteiger partial charge in [-0.05, 0) is 61.7 Å². The van der Waals surface area contributed by atoms with E-state index in [4.69, 9.17) is 4.74 Å². The number of rotatable bonds is 1. The minimum atomic E-state index is -0.158. The molecule has 0 unspecified atom stereocenters. The summed E-state index contributed by atoms with van der Waals surface area (Å²) in [5, 5.41) is 0. The number of hydrogen-bond acceptors (Lipinski definition) is 3. The summed E-state index contributed by atoms with van der Waals surface area (Å²) in [5.74, 6) is 2.53. The number of hydrogen-bond donors (Lipinski definition) is 0. The Balaban J connectivity index is 1.61. The molecular weight excluding hydrogens is 312 g/mol. The summed E-state index contributed by atoms with van der Waals surface area (Å²) in [5.41, 5.74) is 1.69. The van der Waals surface area contributed by atoms with Crippen molar-refractivity contribution in [3.05, 3.63) is 11.6 Å². The normalized spacial score (nSPS) is 48.9. The molecule has 0 aromatic heterocycles. The molecule has 0 aromatic carbocycles. The number of allylic oxidation sites excluding steroid dienone is 1. The highest BCUT2D eigenvalue weighted by Crippen LogP contribution is 2.64. The van der Waals surface area contributed by atoms with Gasteiger partial charge in [-0.2, -0.15) is 0 Å². The summed E-state index contributed by atoms with van der Waals surface area (Å²) < 4.78 is 5.51. The number of Topliss-reactive ketones (excluding diaryl/α,β-unsaturated/α-hetero) is 1. The lowest BCUT2D eigenvalue weighted by Gasteiger charge is -2.56. The first-order valence-corrected chi connectivity index (χ1v) is 10.2. The van der Waals surface area contributed by atoms with Crippen LogP contribution in [0.25, 0.3) is 0 Å². The SMILES string of the molecule is CC(=O)O[C@@H]1CC[C@@]2(C)C(=CC[C@@H]3[C@H]2CC[C@]2(C)C(=O)[C@@H](C)C[C@@H]32)C1. The Morgan fingerprint density at radius 3 is 2.60 bits per heavy atom. The van der Waals surface area contributed by atoms with Crippen molar-refractivity contribution in [3.63, 3.8) is 0 Å². The van der Waals surface area contributed by atoms with Gasteiger partial charge in [0.15, 0.2) is 0 Å². The molecule has 0 radical (unpaired) electrons. The monoisotopic (exact) mass is 344 g/mol. The Bertz CT molecular complexity index is 635. The number of esters is 1. The molecular formula is C22H32O3. The van der Waals surface area contributed by atoms with E-state index in [-0.39, 0.29) is 28.8 Å². The highest BCUT2D eigenvalue weighted by atomic mass is 16.5. The van der Waals surface area contributed by atoms with Crippen LogP contribution in [0.15, 0.2) is 11.6 Å². The van der Waals surface area contributed by atoms with Crippen molar-refractivity contribution in [1.82, 2.24) is 0 Å². The first kappa shape index (κ1) is 17.3. The third-order valence-electron chi connectivity index (χ3n) is 8.40. The van der Waals surface area contributed by atoms with Gasteiger partial charge in [0.05, 0.1) is 0 Å². The van der Waals surface area contributed by atoms with Crippen molar-refractivity contribution in [2.45, 2.75) is 78.7 Å². The fourth-order valence-corrected chi connectivity index (χ4v) is 7.07. The zero-order valence-electron chi connectivity index (χ0n) is 16.1. The maximum absolute atomic E-state index is 12.8. The zero-order chi connectivity index (χ0) is 18.0. The minimum Gasteiger partial charge on any atom is -0.462 e. The standard InChI is InChI=1S/C22H32O3/c1-13-11-19-17-6-5-15-12-16(25-14(2)23)7-9-21(15,3)18(17)8-10-22(19,4)20(13)24/h5,13,16-19H,6-12H2,1-4H3/t13-,16+,17+,18+,19-,21-,22-/m0/s1. The van der Waals surface area contributed by atoms with Crippen LogP contribution in [0.3, 0.4) is 0 Å². The molecule has 0 N–H and O–H groups in total. The van der Waals surface area contributed by atoms with Crippen LogP contribution < -0.4 is 0 Å². The highest BCUT2D eigenvalue weighted by molar-refractivity contribution is 5.89. The highest BCUT2D eigenvalue weighted by Gasteiger charge is 2.60. The van der Waals surface area contributed by atoms with Crippen molar-refractivity contribution in [3.8, 4) is 0 Å². The van der Waals surface area contributed by atoms with E-state index in [9.17, 15) is 9.59 Å². The van der Waals surface area contributed by atoms with E-state index in [1.54, 1.807) is 0 Å². The molecule has 3 nitrogen and oxygen atoms in total. The van der Waals surface area contributed by atoms with Gasteiger partial charge in [-0.15, -0.1) is 0 Å². The molecule has 0 saturated heterocycles. The first-order chi connectivity index (χ1) is 11.8. The van der Waals surface area contributed by atoms with Crippen LogP contribution in [0.4, 0.5) is 0 Å². The van der Waals surface area contributed by atoms with E-state index in [1.165, 1.54) is 18.9 Å². The lowest BCUT2D eigenvalue weighted by atomic mass is 9.48. The van der Waals surface area contributed by atoms with Gasteiger partial charge in [-0.1, -0.05) is 32.4 Å². The molecule has 138 valence electrons. The van der Waals surface area contributed by atoms with Crippen LogP contribution in [0, 0.1) is 34.5 Å². The molecule has 3 saturated carbocycles. The fourth-order valence-electron chi connectivity index (χ4n) is 7.07. The molecule has 4 aliphatic carbocycles. The summed E-state index contributed by atoms with van der Waals surface area (Å²) in [7, 11) is 0. The topological polar surface area (TPSA) is 43.4 Å². The summed E-state index contributed by atoms with van der Waals surface area (Å²) >= 11 is 0. The van der Waals surface area contributed by atoms with Crippen LogP contribution in [0.5, 0.6) is 0 Å². The second-order valence-electron chi connectivity index (χ2n) is 9.69. The molecule has 0 amide bonds. The Kier molecular flexibility index (Phi) is 3.94. The van der Waals surface area contributed by atoms with E-state index in [2.05, 4.69) is 26.8 Å². The number of carbonyl (C=O) groups is 2. The average Bonchev–Trinajstić information content (AvgIpc) is 2.78. The smallest absolute Gasteiger partial charge is 0.302 e. The molecule has 4 aliphatic rings. The Morgan fingerprint density at radius 2 is 1.88 bits per heavy atom. The van der Waals surface area contributed by atoms with Gasteiger partial charge >= 0.3 is 5.97 Å². The van der Waals surface area contributed by atoms with Gasteiger partial charge in [0.25, 0.3) is 0 Å². The molecule has 7 atom stereocenters. The summed E-state index contributed by atoms with van der Waals surface area (Å²) in [6, 6.07) is 0. The average molecular weight is 344 g/mol. The predicted molar refractivity (Wildman–Crippen MR) is 96.8 cm³/mol. The van der Waals surface area contributed by atoms with Gasteiger partial charge in [-0.25, -0.2) is 0 Å². The molecule has 0 aliphatic heterocycles. The fraction of sp³-hybridized carbons (Fsp3) is 0.818. The molecule has 25 heavy (non-hydrogen) atoms. The molecule has 0 aromatic rings. The molecule has 0 bridgehead atoms. The number of carbonyl (C=O) groups excluding carboxylic acids is 2. The number of fused-ring (bicyclic) bond motifs is 5. The van der Waals surface area contributed by atoms with E-state index in [1.807, 2.05) is 0 Å². The van der Waals surface area contributed by atoms with Crippen molar-refractivity contribution in [1.29, 1.82) is 0 Å². The predicted octanol–water partition coefficient (Wildman–Crippen LogP) is 4.70. The lowest BCUT2D eigenvalue weighted by molar-refractivity contribution is -0.148. The Labute approximate surface area is 151 Å². The Hall–Kier alpha value is -1.12. The summed E-state index contributed by atoms with van der Waals surface area (Å²) in [4.78, 5) is 24.1. The quantitative estimate of drug-likeness (QED) is 0.512. The van der Waals surface area contributed by atoms with Gasteiger partial charge < -0.3 is 4.74 Å². The zero-order valence-corrected chi connectivity index (χ0v) is 16.1. The van der Waals surface area contributed by atoms with Crippen molar-refractivity contribution in [2.75, 3.05) is 0 Å². The molecule has 3 heteroatoms. The van der Waals surface area contributed by atoms with Crippen molar-refractivity contribution >= 4 is 11.8 Å².